The van der Waals surface area contributed by atoms with E-state index in [1.165, 1.54) is 0 Å². The Morgan fingerprint density at radius 1 is 1.48 bits per heavy atom. The number of anilines is 1. The lowest BCUT2D eigenvalue weighted by molar-refractivity contribution is 0.292. The molecule has 0 atom stereocenters. The number of likely N-dealkylation sites (N-methyl/N-ethyl adjacent to an activating group) is 1. The summed E-state index contributed by atoms with van der Waals surface area (Å²) in [7, 11) is 2.06. The van der Waals surface area contributed by atoms with Gasteiger partial charge in [0.1, 0.15) is 18.2 Å². The van der Waals surface area contributed by atoms with Crippen molar-refractivity contribution >= 4 is 11.5 Å². The second-order valence-electron chi connectivity index (χ2n) is 5.31. The van der Waals surface area contributed by atoms with Crippen molar-refractivity contribution in [2.75, 3.05) is 32.1 Å². The molecule has 0 spiro atoms. The van der Waals surface area contributed by atoms with Gasteiger partial charge in [0.2, 0.25) is 0 Å². The highest BCUT2D eigenvalue weighted by atomic mass is 16.3. The number of nitriles is 1. The first-order valence-corrected chi connectivity index (χ1v) is 7.07. The van der Waals surface area contributed by atoms with Crippen LogP contribution in [0.1, 0.15) is 23.1 Å². The average molecular weight is 286 g/mol. The molecule has 0 radical (unpaired) electrons. The molecule has 0 amide bonds. The molecular weight excluding hydrogens is 268 g/mol. The number of hydrogen-bond acceptors (Lipinski definition) is 6. The van der Waals surface area contributed by atoms with Crippen molar-refractivity contribution in [2.24, 2.45) is 0 Å². The minimum absolute atomic E-state index is 0.121. The zero-order valence-corrected chi connectivity index (χ0v) is 12.0. The van der Waals surface area contributed by atoms with Crippen LogP contribution in [0.2, 0.25) is 0 Å². The topological polar surface area (TPSA) is 89.5 Å². The van der Waals surface area contributed by atoms with Crippen LogP contribution in [-0.4, -0.2) is 51.3 Å². The minimum Gasteiger partial charge on any atom is -0.396 e. The van der Waals surface area contributed by atoms with Crippen molar-refractivity contribution in [3.05, 3.63) is 23.0 Å². The van der Waals surface area contributed by atoms with E-state index in [-0.39, 0.29) is 6.61 Å². The Labute approximate surface area is 122 Å². The maximum atomic E-state index is 9.59. The average Bonchev–Trinajstić information content (AvgIpc) is 2.97. The van der Waals surface area contributed by atoms with E-state index in [0.29, 0.717) is 18.5 Å². The van der Waals surface area contributed by atoms with Gasteiger partial charge in [-0.05, 0) is 25.5 Å². The molecule has 0 fully saturated rings. The summed E-state index contributed by atoms with van der Waals surface area (Å²) in [6.07, 6.45) is 3.10. The van der Waals surface area contributed by atoms with Crippen LogP contribution in [0.3, 0.4) is 0 Å². The van der Waals surface area contributed by atoms with Gasteiger partial charge < -0.3 is 15.3 Å². The summed E-state index contributed by atoms with van der Waals surface area (Å²) in [4.78, 5) is 2.22. The Hall–Kier alpha value is -2.17. The van der Waals surface area contributed by atoms with Crippen molar-refractivity contribution in [1.82, 2.24) is 19.5 Å². The number of nitrogens with zero attached hydrogens (tertiary/aromatic N) is 5. The van der Waals surface area contributed by atoms with Gasteiger partial charge in [-0.2, -0.15) is 5.26 Å². The maximum absolute atomic E-state index is 9.59. The molecule has 110 valence electrons. The van der Waals surface area contributed by atoms with Crippen LogP contribution < -0.4 is 5.32 Å². The number of aliphatic hydroxyl groups excluding tert-OH is 1. The van der Waals surface area contributed by atoms with Gasteiger partial charge in [0.15, 0.2) is 5.65 Å². The van der Waals surface area contributed by atoms with E-state index in [4.69, 9.17) is 5.11 Å². The van der Waals surface area contributed by atoms with E-state index in [1.54, 1.807) is 6.33 Å². The molecule has 7 heteroatoms. The van der Waals surface area contributed by atoms with Crippen LogP contribution in [0.25, 0.3) is 5.65 Å². The summed E-state index contributed by atoms with van der Waals surface area (Å²) in [6, 6.07) is 2.33. The van der Waals surface area contributed by atoms with Crippen LogP contribution in [0.4, 0.5) is 5.82 Å². The molecule has 7 nitrogen and oxygen atoms in total. The first-order valence-electron chi connectivity index (χ1n) is 7.07. The van der Waals surface area contributed by atoms with Crippen molar-refractivity contribution < 1.29 is 5.11 Å². The lowest BCUT2D eigenvalue weighted by atomic mass is 9.96. The van der Waals surface area contributed by atoms with Gasteiger partial charge in [-0.1, -0.05) is 0 Å². The summed E-state index contributed by atoms with van der Waals surface area (Å²) in [5.74, 6) is 0.731. The molecule has 0 saturated carbocycles. The predicted octanol–water partition coefficient (Wildman–Crippen LogP) is 0.383. The molecule has 21 heavy (non-hydrogen) atoms. The Morgan fingerprint density at radius 2 is 2.33 bits per heavy atom. The maximum Gasteiger partial charge on any atom is 0.167 e. The van der Waals surface area contributed by atoms with Gasteiger partial charge in [-0.25, -0.2) is 0 Å². The fourth-order valence-electron chi connectivity index (χ4n) is 2.83. The standard InChI is InChI=1S/C14H18N6O/c1-19-5-3-10-11(7-15)13(16-4-2-6-21)20-9-17-18-14(20)12(10)8-19/h9,16,21H,2-6,8H2,1H3. The number of hydrogen-bond donors (Lipinski definition) is 2. The smallest absolute Gasteiger partial charge is 0.167 e. The van der Waals surface area contributed by atoms with Crippen molar-refractivity contribution in [3.63, 3.8) is 0 Å². The second kappa shape index (κ2) is 5.68. The zero-order chi connectivity index (χ0) is 14.8. The Kier molecular flexibility index (Phi) is 3.73. The third-order valence-corrected chi connectivity index (χ3v) is 3.87. The van der Waals surface area contributed by atoms with E-state index in [1.807, 2.05) is 4.40 Å². The number of nitrogens with one attached hydrogen (secondary N) is 1. The highest BCUT2D eigenvalue weighted by molar-refractivity contribution is 5.68. The Bertz CT molecular complexity index is 702. The first-order chi connectivity index (χ1) is 10.3. The number of aromatic nitrogens is 3. The van der Waals surface area contributed by atoms with Gasteiger partial charge in [0.05, 0.1) is 5.56 Å². The van der Waals surface area contributed by atoms with E-state index in [9.17, 15) is 5.26 Å². The zero-order valence-electron chi connectivity index (χ0n) is 12.0. The summed E-state index contributed by atoms with van der Waals surface area (Å²) in [5, 5.41) is 30.0. The fourth-order valence-corrected chi connectivity index (χ4v) is 2.83. The third kappa shape index (κ3) is 2.33. The van der Waals surface area contributed by atoms with Crippen molar-refractivity contribution in [3.8, 4) is 6.07 Å². The van der Waals surface area contributed by atoms with Crippen LogP contribution >= 0.6 is 0 Å². The van der Waals surface area contributed by atoms with Crippen LogP contribution in [0, 0.1) is 11.3 Å². The largest absolute Gasteiger partial charge is 0.396 e. The molecule has 0 aliphatic carbocycles. The van der Waals surface area contributed by atoms with E-state index in [0.717, 1.165) is 42.1 Å². The molecule has 2 aromatic rings. The molecule has 0 saturated heterocycles. The van der Waals surface area contributed by atoms with Crippen LogP contribution in [0.5, 0.6) is 0 Å². The number of rotatable bonds is 4. The highest BCUT2D eigenvalue weighted by Gasteiger charge is 2.24. The fraction of sp³-hybridized carbons (Fsp3) is 0.500. The van der Waals surface area contributed by atoms with Crippen molar-refractivity contribution in [2.45, 2.75) is 19.4 Å². The van der Waals surface area contributed by atoms with Crippen LogP contribution in [-0.2, 0) is 13.0 Å². The third-order valence-electron chi connectivity index (χ3n) is 3.87. The molecule has 0 aromatic carbocycles. The summed E-state index contributed by atoms with van der Waals surface area (Å²) >= 11 is 0. The number of fused-ring (bicyclic) bond motifs is 3. The number of pyridine rings is 1. The van der Waals surface area contributed by atoms with E-state index in [2.05, 4.69) is 33.5 Å². The quantitative estimate of drug-likeness (QED) is 0.790. The molecule has 0 bridgehead atoms. The monoisotopic (exact) mass is 286 g/mol. The van der Waals surface area contributed by atoms with Crippen LogP contribution in [0.15, 0.2) is 6.33 Å². The van der Waals surface area contributed by atoms with Crippen molar-refractivity contribution in [1.29, 1.82) is 5.26 Å². The SMILES string of the molecule is CN1CCc2c(C#N)c(NCCCO)n3cnnc3c2C1. The summed E-state index contributed by atoms with van der Waals surface area (Å²) in [5.41, 5.74) is 3.64. The van der Waals surface area contributed by atoms with E-state index < -0.39 is 0 Å². The van der Waals surface area contributed by atoms with Gasteiger partial charge >= 0.3 is 0 Å². The van der Waals surface area contributed by atoms with E-state index >= 15 is 0 Å². The lowest BCUT2D eigenvalue weighted by Crippen LogP contribution is -2.28. The highest BCUT2D eigenvalue weighted by Crippen LogP contribution is 2.30. The molecular formula is C14H18N6O. The molecule has 1 aliphatic heterocycles. The molecule has 3 rings (SSSR count). The minimum atomic E-state index is 0.121. The normalized spacial score (nSPS) is 14.9. The summed E-state index contributed by atoms with van der Waals surface area (Å²) in [6.45, 7) is 2.44. The molecule has 0 unspecified atom stereocenters. The van der Waals surface area contributed by atoms with Gasteiger partial charge in [0.25, 0.3) is 0 Å². The molecule has 2 N–H and O–H groups in total. The first kappa shape index (κ1) is 13.8. The van der Waals surface area contributed by atoms with Gasteiger partial charge in [-0.15, -0.1) is 10.2 Å². The summed E-state index contributed by atoms with van der Waals surface area (Å²) < 4.78 is 1.84. The number of aliphatic hydroxyl groups is 1. The Morgan fingerprint density at radius 3 is 3.10 bits per heavy atom. The van der Waals surface area contributed by atoms with Gasteiger partial charge in [-0.3, -0.25) is 4.40 Å². The second-order valence-corrected chi connectivity index (χ2v) is 5.31. The Balaban J connectivity index is 2.16. The molecule has 3 heterocycles. The predicted molar refractivity (Wildman–Crippen MR) is 77.9 cm³/mol. The molecule has 1 aliphatic rings. The van der Waals surface area contributed by atoms with Gasteiger partial charge in [0, 0.05) is 31.8 Å². The lowest BCUT2D eigenvalue weighted by Gasteiger charge is -2.27. The molecule has 2 aromatic heterocycles.